The van der Waals surface area contributed by atoms with E-state index < -0.39 is 5.97 Å². The van der Waals surface area contributed by atoms with Gasteiger partial charge in [-0.25, -0.2) is 9.78 Å². The van der Waals surface area contributed by atoms with Crippen LogP contribution in [0.15, 0.2) is 5.38 Å². The van der Waals surface area contributed by atoms with Crippen LogP contribution in [-0.2, 0) is 0 Å². The van der Waals surface area contributed by atoms with Gasteiger partial charge < -0.3 is 10.0 Å². The molecule has 1 aromatic heterocycles. The number of carboxylic acids is 1. The molecule has 84 valence electrons. The zero-order valence-corrected chi connectivity index (χ0v) is 9.37. The van der Waals surface area contributed by atoms with Crippen LogP contribution in [0.2, 0.25) is 0 Å². The number of aromatic nitrogens is 1. The molecule has 0 aliphatic heterocycles. The number of carbonyl (C=O) groups is 2. The first kappa shape index (κ1) is 16.2. The Balaban J connectivity index is 0.00000225. The number of carboxylic acid groups (broad SMARTS) is 1. The monoisotopic (exact) mass is 268 g/mol. The third kappa shape index (κ3) is 3.90. The fourth-order valence-corrected chi connectivity index (χ4v) is 1.77. The third-order valence-corrected chi connectivity index (χ3v) is 2.79. The molecular formula is C9H13KN2O3S. The summed E-state index contributed by atoms with van der Waals surface area (Å²) in [6.45, 7) is 4.92. The fourth-order valence-electron chi connectivity index (χ4n) is 1.14. The Morgan fingerprint density at radius 1 is 1.44 bits per heavy atom. The summed E-state index contributed by atoms with van der Waals surface area (Å²) in [5.74, 6) is -1.32. The van der Waals surface area contributed by atoms with Crippen LogP contribution in [0.4, 0.5) is 0 Å². The molecule has 0 spiro atoms. The van der Waals surface area contributed by atoms with E-state index in [4.69, 9.17) is 5.11 Å². The van der Waals surface area contributed by atoms with Gasteiger partial charge in [-0.1, -0.05) is 0 Å². The predicted octanol–water partition coefficient (Wildman–Crippen LogP) is 0.675. The summed E-state index contributed by atoms with van der Waals surface area (Å²) >= 11 is 0.966. The van der Waals surface area contributed by atoms with Crippen molar-refractivity contribution in [3.05, 3.63) is 16.1 Å². The van der Waals surface area contributed by atoms with Crippen LogP contribution in [0.1, 0.15) is 34.1 Å². The van der Waals surface area contributed by atoms with Gasteiger partial charge in [0.2, 0.25) is 5.01 Å². The summed E-state index contributed by atoms with van der Waals surface area (Å²) in [6.07, 6.45) is 0. The van der Waals surface area contributed by atoms with Crippen LogP contribution in [0.5, 0.6) is 0 Å². The van der Waals surface area contributed by atoms with Crippen LogP contribution < -0.4 is 0 Å². The quantitative estimate of drug-likeness (QED) is 0.815. The van der Waals surface area contributed by atoms with E-state index in [-0.39, 0.29) is 68.0 Å². The zero-order chi connectivity index (χ0) is 11.4. The molecule has 0 radical (unpaired) electrons. The van der Waals surface area contributed by atoms with Crippen molar-refractivity contribution < 1.29 is 14.7 Å². The second-order valence-electron chi connectivity index (χ2n) is 2.82. The number of hydrogen-bond acceptors (Lipinski definition) is 4. The fraction of sp³-hybridized carbons (Fsp3) is 0.444. The summed E-state index contributed by atoms with van der Waals surface area (Å²) in [5.41, 5.74) is 0.209. The van der Waals surface area contributed by atoms with Crippen molar-refractivity contribution in [2.24, 2.45) is 0 Å². The third-order valence-electron chi connectivity index (χ3n) is 1.96. The first-order valence-electron chi connectivity index (χ1n) is 4.58. The van der Waals surface area contributed by atoms with Gasteiger partial charge in [0.05, 0.1) is 0 Å². The number of rotatable bonds is 4. The Hall–Kier alpha value is 0.206. The second kappa shape index (κ2) is 7.52. The molecule has 7 heteroatoms. The van der Waals surface area contributed by atoms with Gasteiger partial charge in [-0.3, -0.25) is 4.79 Å². The minimum absolute atomic E-state index is 0. The molecule has 0 aromatic carbocycles. The van der Waals surface area contributed by atoms with E-state index in [0.29, 0.717) is 13.1 Å². The van der Waals surface area contributed by atoms with Crippen molar-refractivity contribution in [1.29, 1.82) is 0 Å². The molecule has 0 unspecified atom stereocenters. The topological polar surface area (TPSA) is 70.5 Å². The van der Waals surface area contributed by atoms with Gasteiger partial charge in [-0.05, 0) is 13.8 Å². The van der Waals surface area contributed by atoms with E-state index in [1.54, 1.807) is 4.90 Å². The summed E-state index contributed by atoms with van der Waals surface area (Å²) in [7, 11) is 0. The number of aromatic carboxylic acids is 1. The minimum atomic E-state index is -1.10. The van der Waals surface area contributed by atoms with Crippen LogP contribution in [0.3, 0.4) is 0 Å². The summed E-state index contributed by atoms with van der Waals surface area (Å²) in [5, 5.41) is 10.1. The second-order valence-corrected chi connectivity index (χ2v) is 3.68. The molecule has 16 heavy (non-hydrogen) atoms. The van der Waals surface area contributed by atoms with E-state index in [2.05, 4.69) is 4.98 Å². The Kier molecular flexibility index (Phi) is 7.61. The Bertz CT molecular complexity index is 377. The van der Waals surface area contributed by atoms with Crippen molar-refractivity contribution in [1.82, 2.24) is 9.88 Å². The number of nitrogens with zero attached hydrogens (tertiary/aromatic N) is 2. The number of amides is 1. The van der Waals surface area contributed by atoms with Crippen molar-refractivity contribution in [3.8, 4) is 0 Å². The van der Waals surface area contributed by atoms with Gasteiger partial charge in [0, 0.05) is 18.5 Å². The number of hydrogen-bond donors (Lipinski definition) is 1. The molecule has 1 amide bonds. The van der Waals surface area contributed by atoms with Crippen LogP contribution >= 0.6 is 11.3 Å². The van der Waals surface area contributed by atoms with E-state index in [1.165, 1.54) is 5.38 Å². The molecule has 0 saturated heterocycles. The normalized spacial score (nSPS) is 9.38. The molecule has 1 heterocycles. The van der Waals surface area contributed by atoms with Gasteiger partial charge in [0.15, 0.2) is 0 Å². The Morgan fingerprint density at radius 2 is 2.00 bits per heavy atom. The molecule has 0 saturated carbocycles. The van der Waals surface area contributed by atoms with Gasteiger partial charge >= 0.3 is 57.4 Å². The van der Waals surface area contributed by atoms with Gasteiger partial charge in [-0.15, -0.1) is 11.3 Å². The predicted molar refractivity (Wildman–Crippen MR) is 63.5 cm³/mol. The maximum atomic E-state index is 11.7. The van der Waals surface area contributed by atoms with Crippen LogP contribution in [-0.4, -0.2) is 91.3 Å². The SMILES string of the molecule is CCN(CC)C(=O)c1csc(C(=O)O)n1.[KH]. The Labute approximate surface area is 140 Å². The first-order valence-corrected chi connectivity index (χ1v) is 5.46. The molecule has 1 aromatic rings. The molecule has 1 N–H and O–H groups in total. The number of thiazole rings is 1. The van der Waals surface area contributed by atoms with Crippen molar-refractivity contribution in [2.45, 2.75) is 13.8 Å². The standard InChI is InChI=1S/C9H12N2O3S.K.H/c1-3-11(4-2)8(12)6-5-15-7(10-6)9(13)14;;/h5H,3-4H2,1-2H3,(H,13,14);;. The van der Waals surface area contributed by atoms with Gasteiger partial charge in [0.1, 0.15) is 5.69 Å². The van der Waals surface area contributed by atoms with E-state index in [1.807, 2.05) is 13.8 Å². The average molecular weight is 268 g/mol. The van der Waals surface area contributed by atoms with Crippen molar-refractivity contribution >= 4 is 74.6 Å². The van der Waals surface area contributed by atoms with Crippen molar-refractivity contribution in [3.63, 3.8) is 0 Å². The Morgan fingerprint density at radius 3 is 2.38 bits per heavy atom. The van der Waals surface area contributed by atoms with Crippen molar-refractivity contribution in [2.75, 3.05) is 13.1 Å². The maximum absolute atomic E-state index is 11.7. The summed E-state index contributed by atoms with van der Waals surface area (Å²) < 4.78 is 0. The molecule has 0 aliphatic rings. The molecule has 5 nitrogen and oxygen atoms in total. The molecule has 0 bridgehead atoms. The van der Waals surface area contributed by atoms with Gasteiger partial charge in [0.25, 0.3) is 5.91 Å². The summed E-state index contributed by atoms with van der Waals surface area (Å²) in [4.78, 5) is 27.6. The summed E-state index contributed by atoms with van der Waals surface area (Å²) in [6, 6.07) is 0. The zero-order valence-electron chi connectivity index (χ0n) is 8.56. The van der Waals surface area contributed by atoms with E-state index >= 15 is 0 Å². The molecule has 0 aliphatic carbocycles. The average Bonchev–Trinajstić information content (AvgIpc) is 2.68. The van der Waals surface area contributed by atoms with Gasteiger partial charge in [-0.2, -0.15) is 0 Å². The van der Waals surface area contributed by atoms with Crippen LogP contribution in [0.25, 0.3) is 0 Å². The molecule has 0 fully saturated rings. The first-order chi connectivity index (χ1) is 7.10. The molecule has 1 rings (SSSR count). The number of carbonyl (C=O) groups excluding carboxylic acids is 1. The molecular weight excluding hydrogens is 255 g/mol. The van der Waals surface area contributed by atoms with E-state index in [0.717, 1.165) is 11.3 Å². The van der Waals surface area contributed by atoms with E-state index in [9.17, 15) is 9.59 Å². The molecule has 0 atom stereocenters. The van der Waals surface area contributed by atoms with Crippen LogP contribution in [0, 0.1) is 0 Å².